The van der Waals surface area contributed by atoms with Gasteiger partial charge in [0.25, 0.3) is 0 Å². The Morgan fingerprint density at radius 1 is 0.758 bits per heavy atom. The van der Waals surface area contributed by atoms with Gasteiger partial charge in [0.15, 0.2) is 0 Å². The van der Waals surface area contributed by atoms with Crippen LogP contribution in [0.4, 0.5) is 0 Å². The Kier molecular flexibility index (Phi) is 13.8. The van der Waals surface area contributed by atoms with Gasteiger partial charge in [-0.05, 0) is 38.0 Å². The van der Waals surface area contributed by atoms with Crippen molar-refractivity contribution in [1.29, 1.82) is 0 Å². The van der Waals surface area contributed by atoms with Crippen molar-refractivity contribution in [2.75, 3.05) is 13.2 Å². The van der Waals surface area contributed by atoms with Gasteiger partial charge in [-0.1, -0.05) is 110 Å². The molecule has 4 heteroatoms. The van der Waals surface area contributed by atoms with Crippen LogP contribution in [0.2, 0.25) is 0 Å². The smallest absolute Gasteiger partial charge is 0.334 e. The second-order valence-corrected chi connectivity index (χ2v) is 10.4. The monoisotopic (exact) mass is 462 g/mol. The Hall–Kier alpha value is -1.32. The molecule has 2 aliphatic rings. The first kappa shape index (κ1) is 27.9. The van der Waals surface area contributed by atoms with Gasteiger partial charge in [-0.2, -0.15) is 0 Å². The van der Waals surface area contributed by atoms with Crippen LogP contribution in [-0.2, 0) is 19.1 Å². The van der Waals surface area contributed by atoms with E-state index in [1.807, 2.05) is 6.08 Å². The molecule has 0 radical (unpaired) electrons. The summed E-state index contributed by atoms with van der Waals surface area (Å²) in [7, 11) is 0. The first-order chi connectivity index (χ1) is 16.1. The zero-order chi connectivity index (χ0) is 23.8. The SMILES string of the molecule is CCCCCCCCCCOC(=O)C1=CC2CCC1(C(=O)OCCCCCCCCCC)C2. The lowest BCUT2D eigenvalue weighted by Gasteiger charge is -2.26. The van der Waals surface area contributed by atoms with Crippen molar-refractivity contribution in [3.05, 3.63) is 11.6 Å². The molecule has 0 aromatic carbocycles. The highest BCUT2D eigenvalue weighted by atomic mass is 16.5. The van der Waals surface area contributed by atoms with Crippen molar-refractivity contribution in [3.8, 4) is 0 Å². The molecule has 1 fully saturated rings. The molecule has 0 heterocycles. The zero-order valence-electron chi connectivity index (χ0n) is 21.6. The normalized spacial score (nSPS) is 21.3. The van der Waals surface area contributed by atoms with Crippen LogP contribution < -0.4 is 0 Å². The molecule has 2 unspecified atom stereocenters. The molecule has 4 nitrogen and oxygen atoms in total. The molecule has 0 saturated heterocycles. The number of rotatable bonds is 20. The van der Waals surface area contributed by atoms with E-state index < -0.39 is 5.41 Å². The maximum atomic E-state index is 13.0. The minimum absolute atomic E-state index is 0.194. The Balaban J connectivity index is 1.62. The number of fused-ring (bicyclic) bond motifs is 2. The predicted molar refractivity (Wildman–Crippen MR) is 135 cm³/mol. The van der Waals surface area contributed by atoms with Crippen molar-refractivity contribution in [1.82, 2.24) is 0 Å². The van der Waals surface area contributed by atoms with Crippen molar-refractivity contribution < 1.29 is 19.1 Å². The highest BCUT2D eigenvalue weighted by molar-refractivity contribution is 5.99. The van der Waals surface area contributed by atoms with Crippen molar-refractivity contribution in [2.45, 2.75) is 136 Å². The fourth-order valence-electron chi connectivity index (χ4n) is 5.44. The first-order valence-corrected chi connectivity index (χ1v) is 14.2. The lowest BCUT2D eigenvalue weighted by atomic mass is 9.80. The van der Waals surface area contributed by atoms with E-state index in [1.54, 1.807) is 0 Å². The molecule has 0 spiro atoms. The quantitative estimate of drug-likeness (QED) is 0.135. The van der Waals surface area contributed by atoms with Crippen molar-refractivity contribution in [2.24, 2.45) is 11.3 Å². The molecule has 190 valence electrons. The van der Waals surface area contributed by atoms with E-state index in [0.29, 0.717) is 24.7 Å². The van der Waals surface area contributed by atoms with Gasteiger partial charge >= 0.3 is 11.9 Å². The third-order valence-corrected chi connectivity index (χ3v) is 7.54. The van der Waals surface area contributed by atoms with Crippen LogP contribution in [0.25, 0.3) is 0 Å². The summed E-state index contributed by atoms with van der Waals surface area (Å²) >= 11 is 0. The van der Waals surface area contributed by atoms with Crippen LogP contribution >= 0.6 is 0 Å². The van der Waals surface area contributed by atoms with Crippen LogP contribution in [0.3, 0.4) is 0 Å². The second-order valence-electron chi connectivity index (χ2n) is 10.4. The van der Waals surface area contributed by atoms with Crippen LogP contribution in [0.5, 0.6) is 0 Å². The molecular formula is C29H50O4. The van der Waals surface area contributed by atoms with E-state index in [2.05, 4.69) is 13.8 Å². The van der Waals surface area contributed by atoms with E-state index in [4.69, 9.17) is 9.47 Å². The number of allylic oxidation sites excluding steroid dienone is 1. The molecule has 2 rings (SSSR count). The summed E-state index contributed by atoms with van der Waals surface area (Å²) in [6.45, 7) is 5.41. The number of ether oxygens (including phenoxy) is 2. The standard InChI is InChI=1S/C29H50O4/c1-3-5-7-9-11-13-15-17-21-32-27(30)26-23-25-19-20-29(26,24-25)28(31)33-22-18-16-14-12-10-8-6-4-2/h23,25H,3-22,24H2,1-2H3. The molecular weight excluding hydrogens is 412 g/mol. The minimum Gasteiger partial charge on any atom is -0.465 e. The summed E-state index contributed by atoms with van der Waals surface area (Å²) < 4.78 is 11.3. The van der Waals surface area contributed by atoms with Gasteiger partial charge in [-0.3, -0.25) is 4.79 Å². The summed E-state index contributed by atoms with van der Waals surface area (Å²) in [5.41, 5.74) is -0.152. The Bertz CT molecular complexity index is 596. The number of esters is 2. The molecule has 0 N–H and O–H groups in total. The summed E-state index contributed by atoms with van der Waals surface area (Å²) in [5.74, 6) is -0.156. The van der Waals surface area contributed by atoms with Gasteiger partial charge in [0.1, 0.15) is 5.41 Å². The number of carbonyl (C=O) groups is 2. The fraction of sp³-hybridized carbons (Fsp3) is 0.862. The Morgan fingerprint density at radius 2 is 1.24 bits per heavy atom. The van der Waals surface area contributed by atoms with E-state index in [9.17, 15) is 9.59 Å². The largest absolute Gasteiger partial charge is 0.465 e. The molecule has 0 aromatic heterocycles. The fourth-order valence-corrected chi connectivity index (χ4v) is 5.44. The number of unbranched alkanes of at least 4 members (excludes halogenated alkanes) is 14. The maximum Gasteiger partial charge on any atom is 0.334 e. The molecule has 1 saturated carbocycles. The van der Waals surface area contributed by atoms with E-state index >= 15 is 0 Å². The second kappa shape index (κ2) is 16.3. The van der Waals surface area contributed by atoms with E-state index in [1.165, 1.54) is 77.0 Å². The van der Waals surface area contributed by atoms with Gasteiger partial charge in [0.05, 0.1) is 18.8 Å². The number of hydrogen-bond donors (Lipinski definition) is 0. The van der Waals surface area contributed by atoms with Gasteiger partial charge in [-0.15, -0.1) is 0 Å². The molecule has 2 bridgehead atoms. The average Bonchev–Trinajstić information content (AvgIpc) is 3.42. The number of hydrogen-bond acceptors (Lipinski definition) is 4. The first-order valence-electron chi connectivity index (χ1n) is 14.2. The van der Waals surface area contributed by atoms with Crippen LogP contribution in [0.1, 0.15) is 136 Å². The topological polar surface area (TPSA) is 52.6 Å². The third kappa shape index (κ3) is 9.45. The molecule has 2 atom stereocenters. The molecule has 2 aliphatic carbocycles. The van der Waals surface area contributed by atoms with Crippen LogP contribution in [-0.4, -0.2) is 25.2 Å². The van der Waals surface area contributed by atoms with Gasteiger partial charge in [-0.25, -0.2) is 4.79 Å². The van der Waals surface area contributed by atoms with Crippen molar-refractivity contribution >= 4 is 11.9 Å². The molecule has 0 amide bonds. The van der Waals surface area contributed by atoms with Gasteiger partial charge in [0.2, 0.25) is 0 Å². The van der Waals surface area contributed by atoms with Gasteiger partial charge < -0.3 is 9.47 Å². The van der Waals surface area contributed by atoms with E-state index in [-0.39, 0.29) is 11.9 Å². The zero-order valence-corrected chi connectivity index (χ0v) is 21.6. The summed E-state index contributed by atoms with van der Waals surface area (Å²) in [4.78, 5) is 25.8. The highest BCUT2D eigenvalue weighted by Crippen LogP contribution is 2.54. The predicted octanol–water partition coefficient (Wildman–Crippen LogP) is 8.08. The maximum absolute atomic E-state index is 13.0. The van der Waals surface area contributed by atoms with Gasteiger partial charge in [0, 0.05) is 0 Å². The Labute approximate surface area is 203 Å². The summed E-state index contributed by atoms with van der Waals surface area (Å²) in [5, 5.41) is 0. The lowest BCUT2D eigenvalue weighted by Crippen LogP contribution is -2.35. The molecule has 33 heavy (non-hydrogen) atoms. The van der Waals surface area contributed by atoms with Crippen molar-refractivity contribution in [3.63, 3.8) is 0 Å². The van der Waals surface area contributed by atoms with Crippen LogP contribution in [0, 0.1) is 11.3 Å². The summed E-state index contributed by atoms with van der Waals surface area (Å²) in [6.07, 6.45) is 23.9. The number of carbonyl (C=O) groups excluding carboxylic acids is 2. The Morgan fingerprint density at radius 3 is 1.76 bits per heavy atom. The van der Waals surface area contributed by atoms with Crippen LogP contribution in [0.15, 0.2) is 11.6 Å². The average molecular weight is 463 g/mol. The van der Waals surface area contributed by atoms with E-state index in [0.717, 1.165) is 44.9 Å². The molecule has 0 aliphatic heterocycles. The summed E-state index contributed by atoms with van der Waals surface area (Å²) in [6, 6.07) is 0. The molecule has 0 aromatic rings. The highest BCUT2D eigenvalue weighted by Gasteiger charge is 2.55. The minimum atomic E-state index is -0.735. The third-order valence-electron chi connectivity index (χ3n) is 7.54. The lowest BCUT2D eigenvalue weighted by molar-refractivity contribution is -0.156.